The van der Waals surface area contributed by atoms with Gasteiger partial charge in [0.05, 0.1) is 5.69 Å². The Hall–Kier alpha value is -5.76. The summed E-state index contributed by atoms with van der Waals surface area (Å²) in [6.45, 7) is 18.5. The summed E-state index contributed by atoms with van der Waals surface area (Å²) >= 11 is 0. The molecule has 2 fully saturated rings. The topological polar surface area (TPSA) is 100 Å². The van der Waals surface area contributed by atoms with Gasteiger partial charge in [0, 0.05) is 34.6 Å². The molecular weight excluding hydrogens is 750 g/mol. The highest BCUT2D eigenvalue weighted by Gasteiger charge is 2.43. The third kappa shape index (κ3) is 10.2. The van der Waals surface area contributed by atoms with Crippen molar-refractivity contribution in [1.29, 1.82) is 0 Å². The van der Waals surface area contributed by atoms with E-state index < -0.39 is 5.54 Å². The van der Waals surface area contributed by atoms with Crippen LogP contribution in [0.4, 0.5) is 10.1 Å². The SMILES string of the molecule is C=C/C=C(C(=C)/C=C\c1c(C)ccc2c1CCCn1c(/C=C(\C)C(=O)NC3(C(=O)Nc4ccc(/C=C/C)cc4)CCCC3)c(C)c(C3CCCCC3)c1-2)\C(F)=C/C.O=CO. The van der Waals surface area contributed by atoms with Gasteiger partial charge in [-0.25, -0.2) is 4.39 Å². The van der Waals surface area contributed by atoms with E-state index in [1.807, 2.05) is 56.3 Å². The zero-order chi connectivity index (χ0) is 43.4. The van der Waals surface area contributed by atoms with E-state index >= 15 is 0 Å². The van der Waals surface area contributed by atoms with Crippen LogP contribution in [0.3, 0.4) is 0 Å². The van der Waals surface area contributed by atoms with Gasteiger partial charge in [-0.15, -0.1) is 0 Å². The quantitative estimate of drug-likeness (QED) is 0.0963. The highest BCUT2D eigenvalue weighted by Crippen LogP contribution is 2.46. The van der Waals surface area contributed by atoms with Crippen LogP contribution in [0.5, 0.6) is 0 Å². The van der Waals surface area contributed by atoms with E-state index in [0.29, 0.717) is 35.5 Å². The minimum atomic E-state index is -0.959. The number of hydrogen-bond donors (Lipinski definition) is 3. The number of carbonyl (C=O) groups is 3. The van der Waals surface area contributed by atoms with Gasteiger partial charge in [-0.1, -0.05) is 112 Å². The molecule has 2 aliphatic carbocycles. The zero-order valence-corrected chi connectivity index (χ0v) is 36.1. The number of nitrogens with one attached hydrogen (secondary N) is 2. The lowest BCUT2D eigenvalue weighted by Crippen LogP contribution is -2.55. The molecule has 2 saturated carbocycles. The first kappa shape index (κ1) is 45.3. The van der Waals surface area contributed by atoms with Gasteiger partial charge in [0.1, 0.15) is 11.4 Å². The molecule has 1 aliphatic heterocycles. The van der Waals surface area contributed by atoms with E-state index in [1.165, 1.54) is 53.3 Å². The lowest BCUT2D eigenvalue weighted by atomic mass is 9.80. The molecule has 1 aromatic heterocycles. The number of carbonyl (C=O) groups excluding carboxylic acids is 2. The first-order valence-corrected chi connectivity index (χ1v) is 21.4. The molecule has 2 heterocycles. The number of aryl methyl sites for hydroxylation is 1. The molecule has 60 heavy (non-hydrogen) atoms. The summed E-state index contributed by atoms with van der Waals surface area (Å²) in [4.78, 5) is 36.4. The Morgan fingerprint density at radius 2 is 1.65 bits per heavy atom. The predicted octanol–water partition coefficient (Wildman–Crippen LogP) is 12.5. The molecule has 0 spiro atoms. The number of fused-ring (bicyclic) bond motifs is 3. The Balaban J connectivity index is 0.00000221. The van der Waals surface area contributed by atoms with Crippen LogP contribution in [0.25, 0.3) is 29.5 Å². The van der Waals surface area contributed by atoms with Crippen LogP contribution in [0, 0.1) is 13.8 Å². The van der Waals surface area contributed by atoms with E-state index in [-0.39, 0.29) is 24.1 Å². The van der Waals surface area contributed by atoms with Crippen LogP contribution in [0.1, 0.15) is 130 Å². The van der Waals surface area contributed by atoms with Crippen LogP contribution in [0.2, 0.25) is 0 Å². The van der Waals surface area contributed by atoms with Crippen LogP contribution >= 0.6 is 0 Å². The molecule has 0 unspecified atom stereocenters. The van der Waals surface area contributed by atoms with Crippen molar-refractivity contribution in [3.63, 3.8) is 0 Å². The van der Waals surface area contributed by atoms with Crippen LogP contribution < -0.4 is 10.6 Å². The minimum Gasteiger partial charge on any atom is -0.483 e. The maximum Gasteiger partial charge on any atom is 0.290 e. The van der Waals surface area contributed by atoms with Gasteiger partial charge in [-0.05, 0) is 136 Å². The number of benzene rings is 2. The molecule has 2 aromatic carbocycles. The van der Waals surface area contributed by atoms with E-state index in [4.69, 9.17) is 9.90 Å². The predicted molar refractivity (Wildman–Crippen MR) is 246 cm³/mol. The monoisotopic (exact) mass is 811 g/mol. The minimum absolute atomic E-state index is 0.160. The Labute approximate surface area is 356 Å². The number of aromatic nitrogens is 1. The molecule has 2 amide bonds. The molecular formula is C52H62FN3O4. The summed E-state index contributed by atoms with van der Waals surface area (Å²) in [5.41, 5.74) is 12.3. The van der Waals surface area contributed by atoms with Gasteiger partial charge >= 0.3 is 0 Å². The van der Waals surface area contributed by atoms with E-state index in [9.17, 15) is 14.0 Å². The van der Waals surface area contributed by atoms with Crippen molar-refractivity contribution in [3.05, 3.63) is 142 Å². The maximum absolute atomic E-state index is 14.8. The fraction of sp³-hybridized carbons (Fsp3) is 0.365. The van der Waals surface area contributed by atoms with E-state index in [2.05, 4.69) is 66.5 Å². The fourth-order valence-electron chi connectivity index (χ4n) is 9.28. The Morgan fingerprint density at radius 1 is 0.967 bits per heavy atom. The van der Waals surface area contributed by atoms with E-state index in [1.54, 1.807) is 19.1 Å². The molecule has 0 bridgehead atoms. The van der Waals surface area contributed by atoms with E-state index in [0.717, 1.165) is 73.1 Å². The third-order valence-electron chi connectivity index (χ3n) is 12.3. The second-order valence-corrected chi connectivity index (χ2v) is 16.2. The van der Waals surface area contributed by atoms with Crippen molar-refractivity contribution in [2.24, 2.45) is 0 Å². The lowest BCUT2D eigenvalue weighted by molar-refractivity contribution is -0.128. The van der Waals surface area contributed by atoms with Gasteiger partial charge in [0.25, 0.3) is 6.47 Å². The van der Waals surface area contributed by atoms with Gasteiger partial charge in [0.2, 0.25) is 11.8 Å². The number of halogens is 1. The molecule has 8 heteroatoms. The number of allylic oxidation sites excluding steroid dienone is 8. The van der Waals surface area contributed by atoms with Crippen LogP contribution in [0.15, 0.2) is 102 Å². The molecule has 7 nitrogen and oxygen atoms in total. The van der Waals surface area contributed by atoms with Crippen molar-refractivity contribution < 1.29 is 23.9 Å². The van der Waals surface area contributed by atoms with Crippen molar-refractivity contribution in [1.82, 2.24) is 9.88 Å². The second kappa shape index (κ2) is 21.0. The standard InChI is InChI=1S/C51H60FN3O2.CH2O2/c1-8-17-38-24-26-40(27-25-38)53-50(57)51(30-14-15-31-51)54-49(56)36(6)33-46-37(7)47(39-19-12-11-13-20-39)48-44-29-23-34(4)41(43(44)21-16-32-55(46)48)28-22-35(5)42(18-9-2)45(52)10-3;2-1-3/h8-10,17-18,22-29,33,39H,2,5,11-16,19-21,30-32H2,1,3-4,6-7H3,(H,53,57)(H,54,56);1H,(H,2,3)/b17-8+,28-22-,36-33+,42-18-,45-10+;. The van der Waals surface area contributed by atoms with Gasteiger partial charge in [-0.3, -0.25) is 14.4 Å². The first-order valence-electron chi connectivity index (χ1n) is 21.4. The summed E-state index contributed by atoms with van der Waals surface area (Å²) < 4.78 is 17.3. The zero-order valence-electron chi connectivity index (χ0n) is 36.1. The van der Waals surface area contributed by atoms with Gasteiger partial charge in [0.15, 0.2) is 0 Å². The van der Waals surface area contributed by atoms with Crippen molar-refractivity contribution in [2.45, 2.75) is 123 Å². The number of nitrogens with zero attached hydrogens (tertiary/aromatic N) is 1. The Bertz CT molecular complexity index is 2240. The number of rotatable bonds is 12. The molecule has 3 N–H and O–H groups in total. The van der Waals surface area contributed by atoms with Crippen LogP contribution in [-0.4, -0.2) is 33.5 Å². The van der Waals surface area contributed by atoms with Gasteiger partial charge < -0.3 is 20.3 Å². The van der Waals surface area contributed by atoms with Gasteiger partial charge in [-0.2, -0.15) is 0 Å². The third-order valence-corrected chi connectivity index (χ3v) is 12.3. The molecule has 0 atom stereocenters. The lowest BCUT2D eigenvalue weighted by Gasteiger charge is -2.29. The molecule has 316 valence electrons. The molecule has 0 radical (unpaired) electrons. The van der Waals surface area contributed by atoms with Crippen molar-refractivity contribution in [3.8, 4) is 11.3 Å². The molecule has 3 aromatic rings. The molecule has 6 rings (SSSR count). The normalized spacial score (nSPS) is 17.0. The fourth-order valence-corrected chi connectivity index (χ4v) is 9.28. The van der Waals surface area contributed by atoms with Crippen molar-refractivity contribution in [2.75, 3.05) is 5.32 Å². The summed E-state index contributed by atoms with van der Waals surface area (Å²) in [5, 5.41) is 13.2. The van der Waals surface area contributed by atoms with Crippen molar-refractivity contribution >= 4 is 42.2 Å². The second-order valence-electron chi connectivity index (χ2n) is 16.2. The average Bonchev–Trinajstić information content (AvgIpc) is 3.77. The Kier molecular flexibility index (Phi) is 15.8. The molecule has 3 aliphatic rings. The largest absolute Gasteiger partial charge is 0.483 e. The number of amides is 2. The number of carboxylic acid groups (broad SMARTS) is 1. The summed E-state index contributed by atoms with van der Waals surface area (Å²) in [5.74, 6) is -0.250. The highest BCUT2D eigenvalue weighted by atomic mass is 19.1. The summed E-state index contributed by atoms with van der Waals surface area (Å²) in [6.07, 6.45) is 25.6. The summed E-state index contributed by atoms with van der Waals surface area (Å²) in [6, 6.07) is 12.3. The average molecular weight is 812 g/mol. The highest BCUT2D eigenvalue weighted by molar-refractivity contribution is 6.05. The smallest absolute Gasteiger partial charge is 0.290 e. The first-order chi connectivity index (χ1) is 28.9. The number of anilines is 1. The van der Waals surface area contributed by atoms with Crippen LogP contribution in [-0.2, 0) is 27.3 Å². The maximum atomic E-state index is 14.8. The molecule has 0 saturated heterocycles. The number of hydrogen-bond acceptors (Lipinski definition) is 3. The Morgan fingerprint density at radius 3 is 2.28 bits per heavy atom. The summed E-state index contributed by atoms with van der Waals surface area (Å²) in [7, 11) is 0.